The molecule has 2 aromatic heterocycles. The van der Waals surface area contributed by atoms with Gasteiger partial charge in [0.05, 0.1) is 12.3 Å². The summed E-state index contributed by atoms with van der Waals surface area (Å²) >= 11 is 0. The van der Waals surface area contributed by atoms with Crippen LogP contribution in [0.3, 0.4) is 0 Å². The largest absolute Gasteiger partial charge is 0.503 e. The Labute approximate surface area is 122 Å². The maximum atomic E-state index is 11.8. The lowest BCUT2D eigenvalue weighted by molar-refractivity contribution is 0.266. The topological polar surface area (TPSA) is 78.6 Å². The Bertz CT molecular complexity index is 666. The van der Waals surface area contributed by atoms with Crippen molar-refractivity contribution >= 4 is 0 Å². The summed E-state index contributed by atoms with van der Waals surface area (Å²) < 4.78 is 1.76. The number of nitrogens with zero attached hydrogens (tertiary/aromatic N) is 3. The van der Waals surface area contributed by atoms with E-state index in [0.29, 0.717) is 24.5 Å². The van der Waals surface area contributed by atoms with E-state index in [1.165, 1.54) is 6.07 Å². The normalized spacial score (nSPS) is 11.0. The van der Waals surface area contributed by atoms with Crippen molar-refractivity contribution < 1.29 is 10.2 Å². The van der Waals surface area contributed by atoms with Gasteiger partial charge < -0.3 is 19.7 Å². The van der Waals surface area contributed by atoms with E-state index in [2.05, 4.69) is 4.98 Å². The van der Waals surface area contributed by atoms with Gasteiger partial charge in [0.2, 0.25) is 5.43 Å². The lowest BCUT2D eigenvalue weighted by Gasteiger charge is -2.21. The van der Waals surface area contributed by atoms with Gasteiger partial charge in [-0.2, -0.15) is 0 Å². The van der Waals surface area contributed by atoms with Crippen LogP contribution in [0.5, 0.6) is 5.75 Å². The molecule has 0 spiro atoms. The lowest BCUT2D eigenvalue weighted by atomic mass is 10.2. The highest BCUT2D eigenvalue weighted by molar-refractivity contribution is 5.31. The molecule has 112 valence electrons. The van der Waals surface area contributed by atoms with E-state index in [-0.39, 0.29) is 12.4 Å². The van der Waals surface area contributed by atoms with Crippen LogP contribution in [-0.4, -0.2) is 38.8 Å². The van der Waals surface area contributed by atoms with E-state index >= 15 is 0 Å². The molecule has 2 heterocycles. The molecule has 0 unspecified atom stereocenters. The number of aromatic hydroxyl groups is 1. The van der Waals surface area contributed by atoms with Crippen molar-refractivity contribution in [3.63, 3.8) is 0 Å². The van der Waals surface area contributed by atoms with Gasteiger partial charge in [0.15, 0.2) is 5.75 Å². The van der Waals surface area contributed by atoms with Crippen molar-refractivity contribution in [2.24, 2.45) is 0 Å². The van der Waals surface area contributed by atoms with Crippen molar-refractivity contribution in [1.82, 2.24) is 14.5 Å². The number of aliphatic hydroxyl groups excluding tert-OH is 1. The van der Waals surface area contributed by atoms with Gasteiger partial charge in [-0.25, -0.2) is 0 Å². The minimum absolute atomic E-state index is 0.268. The number of rotatable bonds is 5. The van der Waals surface area contributed by atoms with Gasteiger partial charge in [0.25, 0.3) is 0 Å². The summed E-state index contributed by atoms with van der Waals surface area (Å²) in [5, 5.41) is 19.6. The lowest BCUT2D eigenvalue weighted by Crippen LogP contribution is -2.23. The van der Waals surface area contributed by atoms with Crippen LogP contribution in [0.2, 0.25) is 0 Å². The molecule has 0 radical (unpaired) electrons. The zero-order valence-electron chi connectivity index (χ0n) is 12.2. The van der Waals surface area contributed by atoms with Crippen LogP contribution < -0.4 is 5.43 Å². The maximum absolute atomic E-state index is 11.8. The van der Waals surface area contributed by atoms with Crippen molar-refractivity contribution in [1.29, 1.82) is 0 Å². The molecule has 6 heteroatoms. The monoisotopic (exact) mass is 289 g/mol. The van der Waals surface area contributed by atoms with Crippen molar-refractivity contribution in [3.8, 4) is 5.75 Å². The van der Waals surface area contributed by atoms with Crippen LogP contribution in [0.15, 0.2) is 35.4 Å². The molecule has 0 aromatic carbocycles. The van der Waals surface area contributed by atoms with Gasteiger partial charge in [-0.05, 0) is 25.7 Å². The smallest absolute Gasteiger partial charge is 0.223 e. The quantitative estimate of drug-likeness (QED) is 0.840. The molecule has 21 heavy (non-hydrogen) atoms. The Morgan fingerprint density at radius 3 is 2.71 bits per heavy atom. The van der Waals surface area contributed by atoms with Gasteiger partial charge in [-0.3, -0.25) is 9.78 Å². The second-order valence-electron chi connectivity index (χ2n) is 5.14. The third-order valence-corrected chi connectivity index (χ3v) is 3.17. The van der Waals surface area contributed by atoms with Gasteiger partial charge >= 0.3 is 0 Å². The molecular weight excluding hydrogens is 270 g/mol. The summed E-state index contributed by atoms with van der Waals surface area (Å²) in [6.45, 7) is 0.562. The van der Waals surface area contributed by atoms with Crippen LogP contribution in [0.25, 0.3) is 0 Å². The molecule has 2 aromatic rings. The molecule has 0 aliphatic rings. The Balaban J connectivity index is 2.55. The van der Waals surface area contributed by atoms with Gasteiger partial charge in [0, 0.05) is 37.2 Å². The predicted molar refractivity (Wildman–Crippen MR) is 79.0 cm³/mol. The third kappa shape index (κ3) is 3.48. The zero-order chi connectivity index (χ0) is 15.4. The molecule has 2 N–H and O–H groups in total. The van der Waals surface area contributed by atoms with Crippen molar-refractivity contribution in [2.45, 2.75) is 19.7 Å². The van der Waals surface area contributed by atoms with Crippen LogP contribution in [-0.2, 0) is 19.7 Å². The summed E-state index contributed by atoms with van der Waals surface area (Å²) in [5.74, 6) is -0.273. The Kier molecular flexibility index (Phi) is 4.72. The van der Waals surface area contributed by atoms with Gasteiger partial charge in [-0.15, -0.1) is 0 Å². The molecule has 6 nitrogen and oxygen atoms in total. The van der Waals surface area contributed by atoms with E-state index in [1.807, 2.05) is 31.1 Å². The van der Waals surface area contributed by atoms with Gasteiger partial charge in [-0.1, -0.05) is 6.07 Å². The van der Waals surface area contributed by atoms with E-state index < -0.39 is 5.43 Å². The summed E-state index contributed by atoms with van der Waals surface area (Å²) in [5.41, 5.74) is 1.41. The number of pyridine rings is 2. The molecule has 0 saturated carbocycles. The molecule has 0 fully saturated rings. The van der Waals surface area contributed by atoms with Crippen LogP contribution >= 0.6 is 0 Å². The first kappa shape index (κ1) is 15.2. The minimum Gasteiger partial charge on any atom is -0.503 e. The van der Waals surface area contributed by atoms with Crippen molar-refractivity contribution in [3.05, 3.63) is 57.8 Å². The minimum atomic E-state index is -0.474. The fourth-order valence-electron chi connectivity index (χ4n) is 2.20. The van der Waals surface area contributed by atoms with Gasteiger partial charge in [0.1, 0.15) is 0 Å². The SMILES string of the molecule is CN(C)Cc1c(O)c(=O)cc(CO)n1Cc1cccnc1. The molecule has 0 amide bonds. The Morgan fingerprint density at radius 1 is 1.38 bits per heavy atom. The van der Waals surface area contributed by atoms with E-state index in [9.17, 15) is 15.0 Å². The standard InChI is InChI=1S/C15H19N3O3/c1-17(2)9-13-15(21)14(20)6-12(10-19)18(13)8-11-4-3-5-16-7-11/h3-7,19,21H,8-10H2,1-2H3. The summed E-state index contributed by atoms with van der Waals surface area (Å²) in [7, 11) is 3.70. The van der Waals surface area contributed by atoms with Crippen molar-refractivity contribution in [2.75, 3.05) is 14.1 Å². The molecule has 0 aliphatic carbocycles. The Hall–Kier alpha value is -2.18. The molecular formula is C15H19N3O3. The van der Waals surface area contributed by atoms with Crippen LogP contribution in [0.1, 0.15) is 17.0 Å². The average Bonchev–Trinajstić information content (AvgIpc) is 2.47. The maximum Gasteiger partial charge on any atom is 0.223 e. The number of aromatic nitrogens is 2. The molecule has 0 aliphatic heterocycles. The number of hydrogen-bond donors (Lipinski definition) is 2. The first-order valence-electron chi connectivity index (χ1n) is 6.62. The number of aliphatic hydroxyl groups is 1. The Morgan fingerprint density at radius 2 is 2.14 bits per heavy atom. The average molecular weight is 289 g/mol. The van der Waals surface area contributed by atoms with E-state index in [1.54, 1.807) is 17.0 Å². The first-order chi connectivity index (χ1) is 10.0. The third-order valence-electron chi connectivity index (χ3n) is 3.17. The predicted octanol–water partition coefficient (Wildman–Crippen LogP) is 0.551. The highest BCUT2D eigenvalue weighted by Gasteiger charge is 2.15. The summed E-state index contributed by atoms with van der Waals surface area (Å²) in [6, 6.07) is 5.00. The second kappa shape index (κ2) is 6.51. The highest BCUT2D eigenvalue weighted by Crippen LogP contribution is 2.18. The van der Waals surface area contributed by atoms with E-state index in [0.717, 1.165) is 5.56 Å². The number of hydrogen-bond acceptors (Lipinski definition) is 5. The fraction of sp³-hybridized carbons (Fsp3) is 0.333. The highest BCUT2D eigenvalue weighted by atomic mass is 16.3. The summed E-state index contributed by atoms with van der Waals surface area (Å²) in [4.78, 5) is 17.7. The van der Waals surface area contributed by atoms with Crippen LogP contribution in [0, 0.1) is 0 Å². The summed E-state index contributed by atoms with van der Waals surface area (Å²) in [6.07, 6.45) is 3.40. The molecule has 0 atom stereocenters. The second-order valence-corrected chi connectivity index (χ2v) is 5.14. The van der Waals surface area contributed by atoms with Crippen LogP contribution in [0.4, 0.5) is 0 Å². The fourth-order valence-corrected chi connectivity index (χ4v) is 2.20. The molecule has 2 rings (SSSR count). The first-order valence-corrected chi connectivity index (χ1v) is 6.62. The molecule has 0 saturated heterocycles. The zero-order valence-corrected chi connectivity index (χ0v) is 12.2. The molecule has 0 bridgehead atoms. The van der Waals surface area contributed by atoms with E-state index in [4.69, 9.17) is 0 Å².